The maximum absolute atomic E-state index is 13.2. The molecule has 0 saturated carbocycles. The Hall–Kier alpha value is -1.56. The van der Waals surface area contributed by atoms with Crippen molar-refractivity contribution in [3.8, 4) is 0 Å². The van der Waals surface area contributed by atoms with Gasteiger partial charge in [-0.15, -0.1) is 0 Å². The van der Waals surface area contributed by atoms with E-state index in [0.717, 1.165) is 6.07 Å². The molecule has 0 aromatic heterocycles. The van der Waals surface area contributed by atoms with Crippen LogP contribution in [0.3, 0.4) is 0 Å². The molecule has 2 rings (SSSR count). The number of nitrogens with one attached hydrogen (secondary N) is 1. The largest absolute Gasteiger partial charge is 0.398 e. The van der Waals surface area contributed by atoms with E-state index in [1.165, 1.54) is 12.1 Å². The van der Waals surface area contributed by atoms with E-state index in [1.807, 2.05) is 0 Å². The van der Waals surface area contributed by atoms with Crippen LogP contribution < -0.4 is 11.1 Å². The van der Waals surface area contributed by atoms with Crippen molar-refractivity contribution in [2.45, 2.75) is 0 Å². The van der Waals surface area contributed by atoms with E-state index < -0.39 is 17.5 Å². The average Bonchev–Trinajstić information content (AvgIpc) is 2.40. The Kier molecular flexibility index (Phi) is 4.56. The number of rotatable bonds is 2. The average molecular weight is 352 g/mol. The zero-order valence-electron chi connectivity index (χ0n) is 10.2. The molecule has 0 saturated heterocycles. The molecule has 0 unspecified atom stereocenters. The summed E-state index contributed by atoms with van der Waals surface area (Å²) in [4.78, 5) is 12.0. The Morgan fingerprint density at radius 1 is 0.952 bits per heavy atom. The summed E-state index contributed by atoms with van der Waals surface area (Å²) in [6.45, 7) is 0. The number of hydrogen-bond acceptors (Lipinski definition) is 2. The minimum absolute atomic E-state index is 0.138. The van der Waals surface area contributed by atoms with Gasteiger partial charge in [0.1, 0.15) is 0 Å². The van der Waals surface area contributed by atoms with Gasteiger partial charge in [0.05, 0.1) is 26.3 Å². The number of carbonyl (C=O) groups is 1. The third kappa shape index (κ3) is 3.37. The van der Waals surface area contributed by atoms with E-state index in [0.29, 0.717) is 6.07 Å². The normalized spacial score (nSPS) is 10.5. The van der Waals surface area contributed by atoms with E-state index in [-0.39, 0.29) is 32.0 Å². The molecule has 0 bridgehead atoms. The smallest absolute Gasteiger partial charge is 0.257 e. The number of amides is 1. The first-order valence-corrected chi connectivity index (χ1v) is 6.63. The number of benzene rings is 2. The lowest BCUT2D eigenvalue weighted by Gasteiger charge is -2.10. The van der Waals surface area contributed by atoms with E-state index in [9.17, 15) is 13.6 Å². The second-order valence-corrected chi connectivity index (χ2v) is 5.28. The van der Waals surface area contributed by atoms with Gasteiger partial charge >= 0.3 is 0 Å². The van der Waals surface area contributed by atoms with Crippen LogP contribution in [0.1, 0.15) is 10.4 Å². The van der Waals surface area contributed by atoms with Crippen LogP contribution in [-0.4, -0.2) is 5.91 Å². The van der Waals surface area contributed by atoms with Gasteiger partial charge in [-0.25, -0.2) is 8.78 Å². The standard InChI is InChI=1S/C13H7Cl3F2N2O/c14-6-2-8(16)12(3-7(6)15)20-13(21)5-1-9(17)10(18)4-11(5)19/h1-4H,19H2,(H,20,21). The van der Waals surface area contributed by atoms with Gasteiger partial charge in [-0.1, -0.05) is 34.8 Å². The predicted octanol–water partition coefficient (Wildman–Crippen LogP) is 4.76. The molecule has 0 radical (unpaired) electrons. The number of halogens is 5. The van der Waals surface area contributed by atoms with Gasteiger partial charge in [0.2, 0.25) is 0 Å². The summed E-state index contributed by atoms with van der Waals surface area (Å²) in [7, 11) is 0. The van der Waals surface area contributed by atoms with Gasteiger partial charge in [-0.3, -0.25) is 4.79 Å². The van der Waals surface area contributed by atoms with Gasteiger partial charge < -0.3 is 11.1 Å². The van der Waals surface area contributed by atoms with Crippen LogP contribution in [0.25, 0.3) is 0 Å². The summed E-state index contributed by atoms with van der Waals surface area (Å²) < 4.78 is 26.2. The Bertz CT molecular complexity index is 738. The Morgan fingerprint density at radius 2 is 1.52 bits per heavy atom. The lowest BCUT2D eigenvalue weighted by Crippen LogP contribution is -2.15. The van der Waals surface area contributed by atoms with E-state index in [4.69, 9.17) is 40.5 Å². The molecule has 0 aliphatic rings. The minimum atomic E-state index is -1.19. The minimum Gasteiger partial charge on any atom is -0.398 e. The van der Waals surface area contributed by atoms with Crippen LogP contribution in [0, 0.1) is 11.6 Å². The first-order chi connectivity index (χ1) is 9.79. The first kappa shape index (κ1) is 15.8. The molecule has 3 N–H and O–H groups in total. The SMILES string of the molecule is Nc1cc(F)c(F)cc1C(=O)Nc1cc(Cl)c(Cl)cc1Cl. The summed E-state index contributed by atoms with van der Waals surface area (Å²) in [5, 5.41) is 2.93. The zero-order chi connectivity index (χ0) is 15.7. The molecule has 1 amide bonds. The number of carbonyl (C=O) groups excluding carboxylic acids is 1. The number of nitrogens with two attached hydrogens (primary N) is 1. The third-order valence-electron chi connectivity index (χ3n) is 2.60. The van der Waals surface area contributed by atoms with Crippen LogP contribution in [0.4, 0.5) is 20.2 Å². The van der Waals surface area contributed by atoms with Crippen molar-refractivity contribution in [3.05, 3.63) is 56.5 Å². The van der Waals surface area contributed by atoms with Crippen molar-refractivity contribution in [1.29, 1.82) is 0 Å². The monoisotopic (exact) mass is 350 g/mol. The molecule has 21 heavy (non-hydrogen) atoms. The lowest BCUT2D eigenvalue weighted by atomic mass is 10.1. The second kappa shape index (κ2) is 6.05. The van der Waals surface area contributed by atoms with E-state index in [2.05, 4.69) is 5.32 Å². The fourth-order valence-corrected chi connectivity index (χ4v) is 2.16. The molecule has 0 heterocycles. The molecular formula is C13H7Cl3F2N2O. The van der Waals surface area contributed by atoms with Crippen molar-refractivity contribution in [1.82, 2.24) is 0 Å². The van der Waals surface area contributed by atoms with Gasteiger partial charge in [-0.2, -0.15) is 0 Å². The highest BCUT2D eigenvalue weighted by Gasteiger charge is 2.16. The van der Waals surface area contributed by atoms with Gasteiger partial charge in [0.25, 0.3) is 5.91 Å². The van der Waals surface area contributed by atoms with Crippen molar-refractivity contribution < 1.29 is 13.6 Å². The number of anilines is 2. The van der Waals surface area contributed by atoms with Crippen LogP contribution >= 0.6 is 34.8 Å². The Labute approximate surface area is 133 Å². The highest BCUT2D eigenvalue weighted by molar-refractivity contribution is 6.44. The first-order valence-electron chi connectivity index (χ1n) is 5.50. The highest BCUT2D eigenvalue weighted by atomic mass is 35.5. The van der Waals surface area contributed by atoms with Crippen LogP contribution in [0.15, 0.2) is 24.3 Å². The van der Waals surface area contributed by atoms with Crippen LogP contribution in [0.2, 0.25) is 15.1 Å². The van der Waals surface area contributed by atoms with E-state index in [1.54, 1.807) is 0 Å². The molecule has 8 heteroatoms. The summed E-state index contributed by atoms with van der Waals surface area (Å²) >= 11 is 17.5. The highest BCUT2D eigenvalue weighted by Crippen LogP contribution is 2.32. The van der Waals surface area contributed by atoms with Gasteiger partial charge in [0.15, 0.2) is 11.6 Å². The van der Waals surface area contributed by atoms with Gasteiger partial charge in [0, 0.05) is 11.8 Å². The van der Waals surface area contributed by atoms with Gasteiger partial charge in [-0.05, 0) is 18.2 Å². The maximum atomic E-state index is 13.2. The molecule has 0 spiro atoms. The molecule has 0 aliphatic heterocycles. The summed E-state index contributed by atoms with van der Waals surface area (Å²) in [6, 6.07) is 4.10. The third-order valence-corrected chi connectivity index (χ3v) is 3.63. The topological polar surface area (TPSA) is 55.1 Å². The fraction of sp³-hybridized carbons (Fsp3) is 0. The molecule has 2 aromatic carbocycles. The second-order valence-electron chi connectivity index (χ2n) is 4.05. The zero-order valence-corrected chi connectivity index (χ0v) is 12.5. The summed E-state index contributed by atoms with van der Waals surface area (Å²) in [5.41, 5.74) is 5.22. The number of hydrogen-bond donors (Lipinski definition) is 2. The van der Waals surface area contributed by atoms with Crippen LogP contribution in [-0.2, 0) is 0 Å². The molecule has 3 nitrogen and oxygen atoms in total. The van der Waals surface area contributed by atoms with Crippen molar-refractivity contribution in [2.24, 2.45) is 0 Å². The summed E-state index contributed by atoms with van der Waals surface area (Å²) in [6.07, 6.45) is 0. The molecule has 0 aliphatic carbocycles. The van der Waals surface area contributed by atoms with Crippen LogP contribution in [0.5, 0.6) is 0 Å². The number of nitrogen functional groups attached to an aromatic ring is 1. The molecular weight excluding hydrogens is 345 g/mol. The Balaban J connectivity index is 2.35. The predicted molar refractivity (Wildman–Crippen MR) is 80.2 cm³/mol. The maximum Gasteiger partial charge on any atom is 0.257 e. The van der Waals surface area contributed by atoms with E-state index >= 15 is 0 Å². The molecule has 2 aromatic rings. The molecule has 0 fully saturated rings. The van der Waals surface area contributed by atoms with Crippen molar-refractivity contribution >= 4 is 52.1 Å². The summed E-state index contributed by atoms with van der Waals surface area (Å²) in [5.74, 6) is -3.09. The fourth-order valence-electron chi connectivity index (χ4n) is 1.57. The molecule has 110 valence electrons. The quantitative estimate of drug-likeness (QED) is 0.605. The lowest BCUT2D eigenvalue weighted by molar-refractivity contribution is 0.102. The van der Waals surface area contributed by atoms with Crippen molar-refractivity contribution in [3.63, 3.8) is 0 Å². The molecule has 0 atom stereocenters. The van der Waals surface area contributed by atoms with Crippen molar-refractivity contribution in [2.75, 3.05) is 11.1 Å². The Morgan fingerprint density at radius 3 is 2.19 bits per heavy atom.